The zero-order valence-electron chi connectivity index (χ0n) is 10.5. The van der Waals surface area contributed by atoms with Gasteiger partial charge in [-0.15, -0.1) is 0 Å². The molecule has 0 aromatic heterocycles. The van der Waals surface area contributed by atoms with Crippen LogP contribution in [0.25, 0.3) is 0 Å². The summed E-state index contributed by atoms with van der Waals surface area (Å²) >= 11 is 0. The van der Waals surface area contributed by atoms with Crippen LogP contribution in [-0.2, 0) is 0 Å². The number of rotatable bonds is 2. The lowest BCUT2D eigenvalue weighted by molar-refractivity contribution is 0.0433. The van der Waals surface area contributed by atoms with Crippen LogP contribution in [0.4, 0.5) is 0 Å². The number of likely N-dealkylation sites (tertiary alicyclic amines) is 1. The van der Waals surface area contributed by atoms with E-state index in [1.807, 2.05) is 0 Å². The Labute approximate surface area is 94.4 Å². The zero-order valence-corrected chi connectivity index (χ0v) is 10.5. The summed E-state index contributed by atoms with van der Waals surface area (Å²) in [5, 5.41) is 3.57. The summed E-state index contributed by atoms with van der Waals surface area (Å²) in [6.07, 6.45) is 5.55. The molecule has 2 saturated heterocycles. The standard InChI is InChI=1S/C13H26N2/c1-4-12-8-14-9-13(12)15-10(2)6-5-7-11(15)3/h10-14H,4-9H2,1-3H3/t10-,11+,12?,13?. The van der Waals surface area contributed by atoms with Crippen molar-refractivity contribution in [1.82, 2.24) is 10.2 Å². The number of nitrogens with zero attached hydrogens (tertiary/aromatic N) is 1. The molecule has 2 aliphatic rings. The Morgan fingerprint density at radius 1 is 1.13 bits per heavy atom. The van der Waals surface area contributed by atoms with E-state index < -0.39 is 0 Å². The fraction of sp³-hybridized carbons (Fsp3) is 1.00. The van der Waals surface area contributed by atoms with Gasteiger partial charge in [0.1, 0.15) is 0 Å². The molecule has 88 valence electrons. The van der Waals surface area contributed by atoms with Crippen molar-refractivity contribution >= 4 is 0 Å². The van der Waals surface area contributed by atoms with Crippen LogP contribution in [-0.4, -0.2) is 36.1 Å². The molecule has 0 aliphatic carbocycles. The van der Waals surface area contributed by atoms with Crippen LogP contribution in [0.2, 0.25) is 0 Å². The summed E-state index contributed by atoms with van der Waals surface area (Å²) in [7, 11) is 0. The third kappa shape index (κ3) is 2.21. The van der Waals surface area contributed by atoms with E-state index >= 15 is 0 Å². The molecule has 0 spiro atoms. The van der Waals surface area contributed by atoms with Crippen LogP contribution >= 0.6 is 0 Å². The molecule has 2 nitrogen and oxygen atoms in total. The molecule has 2 heteroatoms. The van der Waals surface area contributed by atoms with Crippen molar-refractivity contribution in [2.75, 3.05) is 13.1 Å². The highest BCUT2D eigenvalue weighted by atomic mass is 15.2. The largest absolute Gasteiger partial charge is 0.315 e. The van der Waals surface area contributed by atoms with Gasteiger partial charge in [0.25, 0.3) is 0 Å². The van der Waals surface area contributed by atoms with Crippen molar-refractivity contribution in [3.8, 4) is 0 Å². The Kier molecular flexibility index (Phi) is 3.68. The lowest BCUT2D eigenvalue weighted by Gasteiger charge is -2.44. The van der Waals surface area contributed by atoms with E-state index in [2.05, 4.69) is 31.0 Å². The van der Waals surface area contributed by atoms with Gasteiger partial charge in [-0.25, -0.2) is 0 Å². The van der Waals surface area contributed by atoms with E-state index in [4.69, 9.17) is 0 Å². The van der Waals surface area contributed by atoms with E-state index in [1.165, 1.54) is 38.8 Å². The maximum atomic E-state index is 3.57. The summed E-state index contributed by atoms with van der Waals surface area (Å²) in [4.78, 5) is 2.80. The average Bonchev–Trinajstić information content (AvgIpc) is 2.65. The molecular weight excluding hydrogens is 184 g/mol. The molecule has 2 rings (SSSR count). The Morgan fingerprint density at radius 3 is 2.40 bits per heavy atom. The monoisotopic (exact) mass is 210 g/mol. The van der Waals surface area contributed by atoms with Crippen LogP contribution in [0.3, 0.4) is 0 Å². The van der Waals surface area contributed by atoms with Crippen LogP contribution in [0.5, 0.6) is 0 Å². The molecule has 15 heavy (non-hydrogen) atoms. The molecule has 1 N–H and O–H groups in total. The predicted molar refractivity (Wildman–Crippen MR) is 65.1 cm³/mol. The Bertz CT molecular complexity index is 195. The highest BCUT2D eigenvalue weighted by Gasteiger charge is 2.37. The molecule has 4 atom stereocenters. The fourth-order valence-corrected chi connectivity index (χ4v) is 3.58. The van der Waals surface area contributed by atoms with Crippen LogP contribution in [0.1, 0.15) is 46.5 Å². The van der Waals surface area contributed by atoms with Gasteiger partial charge in [-0.3, -0.25) is 4.90 Å². The second-order valence-corrected chi connectivity index (χ2v) is 5.47. The molecule has 0 radical (unpaired) electrons. The second kappa shape index (κ2) is 4.84. The SMILES string of the molecule is CCC1CNCC1N1[C@H](C)CCC[C@@H]1C. The van der Waals surface area contributed by atoms with Gasteiger partial charge < -0.3 is 5.32 Å². The van der Waals surface area contributed by atoms with Gasteiger partial charge in [0, 0.05) is 24.7 Å². The summed E-state index contributed by atoms with van der Waals surface area (Å²) in [6, 6.07) is 2.40. The first-order valence-corrected chi connectivity index (χ1v) is 6.72. The first kappa shape index (κ1) is 11.4. The number of hydrogen-bond donors (Lipinski definition) is 1. The lowest BCUT2D eigenvalue weighted by atomic mass is 9.90. The van der Waals surface area contributed by atoms with Crippen molar-refractivity contribution < 1.29 is 0 Å². The zero-order chi connectivity index (χ0) is 10.8. The maximum absolute atomic E-state index is 3.57. The maximum Gasteiger partial charge on any atom is 0.0266 e. The Hall–Kier alpha value is -0.0800. The van der Waals surface area contributed by atoms with Gasteiger partial charge in [0.05, 0.1) is 0 Å². The molecular formula is C13H26N2. The first-order valence-electron chi connectivity index (χ1n) is 6.72. The van der Waals surface area contributed by atoms with Crippen molar-refractivity contribution in [3.63, 3.8) is 0 Å². The molecule has 2 fully saturated rings. The van der Waals surface area contributed by atoms with E-state index in [-0.39, 0.29) is 0 Å². The Balaban J connectivity index is 2.06. The van der Waals surface area contributed by atoms with Crippen LogP contribution in [0.15, 0.2) is 0 Å². The first-order chi connectivity index (χ1) is 7.24. The van der Waals surface area contributed by atoms with Crippen LogP contribution < -0.4 is 5.32 Å². The minimum Gasteiger partial charge on any atom is -0.315 e. The second-order valence-electron chi connectivity index (χ2n) is 5.47. The third-order valence-electron chi connectivity index (χ3n) is 4.47. The van der Waals surface area contributed by atoms with Gasteiger partial charge in [-0.2, -0.15) is 0 Å². The summed E-state index contributed by atoms with van der Waals surface area (Å²) in [6.45, 7) is 9.62. The van der Waals surface area contributed by atoms with E-state index in [0.29, 0.717) is 0 Å². The highest BCUT2D eigenvalue weighted by molar-refractivity contribution is 4.93. The molecule has 2 heterocycles. The molecule has 0 saturated carbocycles. The molecule has 2 aliphatic heterocycles. The highest BCUT2D eigenvalue weighted by Crippen LogP contribution is 2.30. The van der Waals surface area contributed by atoms with Gasteiger partial charge in [0.2, 0.25) is 0 Å². The van der Waals surface area contributed by atoms with Gasteiger partial charge >= 0.3 is 0 Å². The smallest absolute Gasteiger partial charge is 0.0266 e. The van der Waals surface area contributed by atoms with E-state index in [9.17, 15) is 0 Å². The number of piperidine rings is 1. The average molecular weight is 210 g/mol. The number of hydrogen-bond acceptors (Lipinski definition) is 2. The van der Waals surface area contributed by atoms with Gasteiger partial charge in [-0.05, 0) is 39.2 Å². The molecule has 0 aromatic carbocycles. The molecule has 0 bridgehead atoms. The predicted octanol–water partition coefficient (Wildman–Crippen LogP) is 2.25. The van der Waals surface area contributed by atoms with Crippen molar-refractivity contribution in [2.45, 2.75) is 64.6 Å². The van der Waals surface area contributed by atoms with E-state index in [1.54, 1.807) is 0 Å². The van der Waals surface area contributed by atoms with Crippen molar-refractivity contribution in [3.05, 3.63) is 0 Å². The fourth-order valence-electron chi connectivity index (χ4n) is 3.58. The Morgan fingerprint density at radius 2 is 1.80 bits per heavy atom. The normalized spacial score (nSPS) is 43.4. The molecule has 0 amide bonds. The van der Waals surface area contributed by atoms with Gasteiger partial charge in [-0.1, -0.05) is 19.8 Å². The summed E-state index contributed by atoms with van der Waals surface area (Å²) < 4.78 is 0. The lowest BCUT2D eigenvalue weighted by Crippen LogP contribution is -2.52. The topological polar surface area (TPSA) is 15.3 Å². The third-order valence-corrected chi connectivity index (χ3v) is 4.47. The van der Waals surface area contributed by atoms with E-state index in [0.717, 1.165) is 24.0 Å². The minimum atomic E-state index is 0.799. The summed E-state index contributed by atoms with van der Waals surface area (Å²) in [5.74, 6) is 0.882. The van der Waals surface area contributed by atoms with Crippen molar-refractivity contribution in [2.24, 2.45) is 5.92 Å². The van der Waals surface area contributed by atoms with Crippen LogP contribution in [0, 0.1) is 5.92 Å². The quantitative estimate of drug-likeness (QED) is 0.752. The summed E-state index contributed by atoms with van der Waals surface area (Å²) in [5.41, 5.74) is 0. The molecule has 0 aromatic rings. The van der Waals surface area contributed by atoms with Gasteiger partial charge in [0.15, 0.2) is 0 Å². The molecule has 2 unspecified atom stereocenters. The minimum absolute atomic E-state index is 0.799. The number of nitrogens with one attached hydrogen (secondary N) is 1. The van der Waals surface area contributed by atoms with Crippen molar-refractivity contribution in [1.29, 1.82) is 0 Å².